The number of rotatable bonds is 8. The second-order valence-electron chi connectivity index (χ2n) is 8.18. The topological polar surface area (TPSA) is 107 Å². The zero-order valence-electron chi connectivity index (χ0n) is 18.5. The van der Waals surface area contributed by atoms with Crippen molar-refractivity contribution in [1.29, 1.82) is 0 Å². The number of aromatic nitrogens is 1. The van der Waals surface area contributed by atoms with Gasteiger partial charge in [-0.25, -0.2) is 0 Å². The third-order valence-electron chi connectivity index (χ3n) is 5.29. The molecule has 1 fully saturated rings. The minimum atomic E-state index is -0.446. The van der Waals surface area contributed by atoms with Gasteiger partial charge in [0.05, 0.1) is 33.3 Å². The van der Waals surface area contributed by atoms with E-state index in [-0.39, 0.29) is 29.0 Å². The van der Waals surface area contributed by atoms with Crippen LogP contribution >= 0.6 is 23.1 Å². The molecular formula is C21H28N4O5S2. The summed E-state index contributed by atoms with van der Waals surface area (Å²) in [5, 5.41) is 11.1. The number of hydrogen-bond acceptors (Lipinski definition) is 7. The highest BCUT2D eigenvalue weighted by molar-refractivity contribution is 8.00. The van der Waals surface area contributed by atoms with Gasteiger partial charge < -0.3 is 14.2 Å². The van der Waals surface area contributed by atoms with E-state index in [1.807, 2.05) is 9.47 Å². The van der Waals surface area contributed by atoms with Crippen LogP contribution < -0.4 is 4.80 Å². The fourth-order valence-corrected chi connectivity index (χ4v) is 5.79. The van der Waals surface area contributed by atoms with E-state index >= 15 is 0 Å². The van der Waals surface area contributed by atoms with Gasteiger partial charge in [-0.05, 0) is 24.3 Å². The van der Waals surface area contributed by atoms with Crippen LogP contribution in [0.2, 0.25) is 0 Å². The Labute approximate surface area is 194 Å². The summed E-state index contributed by atoms with van der Waals surface area (Å²) in [4.78, 5) is 42.2. The summed E-state index contributed by atoms with van der Waals surface area (Å²) in [6.45, 7) is 6.75. The van der Waals surface area contributed by atoms with E-state index < -0.39 is 4.92 Å². The van der Waals surface area contributed by atoms with Gasteiger partial charge >= 0.3 is 0 Å². The summed E-state index contributed by atoms with van der Waals surface area (Å²) in [7, 11) is 1.58. The van der Waals surface area contributed by atoms with Crippen molar-refractivity contribution in [2.24, 2.45) is 16.8 Å². The smallest absolute Gasteiger partial charge is 0.270 e. The van der Waals surface area contributed by atoms with Crippen LogP contribution in [-0.2, 0) is 20.9 Å². The minimum Gasteiger partial charge on any atom is -0.383 e. The Morgan fingerprint density at radius 2 is 2.00 bits per heavy atom. The first kappa shape index (κ1) is 24.4. The zero-order valence-corrected chi connectivity index (χ0v) is 20.1. The van der Waals surface area contributed by atoms with Crippen molar-refractivity contribution >= 4 is 50.8 Å². The van der Waals surface area contributed by atoms with Crippen molar-refractivity contribution in [3.63, 3.8) is 0 Å². The van der Waals surface area contributed by atoms with E-state index in [9.17, 15) is 19.7 Å². The molecular weight excluding hydrogens is 452 g/mol. The van der Waals surface area contributed by atoms with Crippen LogP contribution in [-0.4, -0.2) is 64.5 Å². The molecule has 0 saturated carbocycles. The molecule has 1 aromatic carbocycles. The van der Waals surface area contributed by atoms with Gasteiger partial charge in [-0.15, -0.1) is 11.8 Å². The quantitative estimate of drug-likeness (QED) is 0.425. The zero-order chi connectivity index (χ0) is 23.3. The third kappa shape index (κ3) is 6.17. The molecule has 9 nitrogen and oxygen atoms in total. The Kier molecular flexibility index (Phi) is 8.44. The van der Waals surface area contributed by atoms with Crippen LogP contribution in [0.3, 0.4) is 0 Å². The highest BCUT2D eigenvalue weighted by atomic mass is 32.2. The number of methoxy groups -OCH3 is 1. The fourth-order valence-electron chi connectivity index (χ4n) is 3.98. The molecule has 2 aromatic rings. The predicted octanol–water partition coefficient (Wildman–Crippen LogP) is 2.92. The number of fused-ring (bicyclic) bond motifs is 1. The summed E-state index contributed by atoms with van der Waals surface area (Å²) in [6, 6.07) is 4.59. The maximum absolute atomic E-state index is 12.5. The molecule has 0 N–H and O–H groups in total. The van der Waals surface area contributed by atoms with E-state index in [2.05, 4.69) is 18.8 Å². The normalized spacial score (nSPS) is 19.5. The van der Waals surface area contributed by atoms with Crippen molar-refractivity contribution in [3.05, 3.63) is 33.1 Å². The number of non-ortho nitro benzene ring substituents is 1. The average molecular weight is 481 g/mol. The van der Waals surface area contributed by atoms with E-state index in [1.54, 1.807) is 13.2 Å². The van der Waals surface area contributed by atoms with Gasteiger partial charge in [-0.1, -0.05) is 25.2 Å². The molecule has 2 heterocycles. The molecule has 1 aromatic heterocycles. The monoisotopic (exact) mass is 480 g/mol. The third-order valence-corrected chi connectivity index (χ3v) is 7.23. The van der Waals surface area contributed by atoms with Gasteiger partial charge in [-0.3, -0.25) is 19.7 Å². The number of benzene rings is 1. The molecule has 1 saturated heterocycles. The molecule has 3 rings (SSSR count). The van der Waals surface area contributed by atoms with Crippen molar-refractivity contribution in [1.82, 2.24) is 9.47 Å². The van der Waals surface area contributed by atoms with Crippen molar-refractivity contribution in [2.45, 2.75) is 26.8 Å². The predicted molar refractivity (Wildman–Crippen MR) is 126 cm³/mol. The molecule has 1 aliphatic heterocycles. The van der Waals surface area contributed by atoms with Gasteiger partial charge in [0.1, 0.15) is 0 Å². The molecule has 32 heavy (non-hydrogen) atoms. The first-order valence-corrected chi connectivity index (χ1v) is 12.5. The molecule has 0 radical (unpaired) electrons. The fraction of sp³-hybridized carbons (Fsp3) is 0.571. The van der Waals surface area contributed by atoms with Gasteiger partial charge in [0.2, 0.25) is 5.91 Å². The first-order valence-electron chi connectivity index (χ1n) is 10.5. The lowest BCUT2D eigenvalue weighted by atomic mass is 9.92. The van der Waals surface area contributed by atoms with Gasteiger partial charge in [0.15, 0.2) is 4.80 Å². The number of likely N-dealkylation sites (tertiary alicyclic amines) is 1. The lowest BCUT2D eigenvalue weighted by Gasteiger charge is -2.35. The minimum absolute atomic E-state index is 0.00839. The maximum atomic E-state index is 12.5. The Bertz CT molecular complexity index is 1050. The van der Waals surface area contributed by atoms with Crippen molar-refractivity contribution in [3.8, 4) is 0 Å². The molecule has 0 aliphatic carbocycles. The van der Waals surface area contributed by atoms with Gasteiger partial charge in [0.25, 0.3) is 11.6 Å². The van der Waals surface area contributed by atoms with E-state index in [4.69, 9.17) is 4.74 Å². The Morgan fingerprint density at radius 3 is 2.66 bits per heavy atom. The SMILES string of the molecule is COCCn1c(=NC(=O)CSCC(=O)N2CC(C)CC(C)C2)sc2cc([N+](=O)[O-])ccc21. The maximum Gasteiger partial charge on any atom is 0.270 e. The molecule has 0 bridgehead atoms. The van der Waals surface area contributed by atoms with E-state index in [1.165, 1.54) is 35.2 Å². The summed E-state index contributed by atoms with van der Waals surface area (Å²) in [6.07, 6.45) is 1.13. The van der Waals surface area contributed by atoms with Crippen molar-refractivity contribution < 1.29 is 19.2 Å². The lowest BCUT2D eigenvalue weighted by molar-refractivity contribution is -0.384. The van der Waals surface area contributed by atoms with Crippen LogP contribution in [0.1, 0.15) is 20.3 Å². The first-order chi connectivity index (χ1) is 15.3. The number of nitro benzene ring substituents is 1. The summed E-state index contributed by atoms with van der Waals surface area (Å²) >= 11 is 2.50. The van der Waals surface area contributed by atoms with Crippen molar-refractivity contribution in [2.75, 3.05) is 38.3 Å². The molecule has 2 unspecified atom stereocenters. The molecule has 2 atom stereocenters. The average Bonchev–Trinajstić information content (AvgIpc) is 3.07. The highest BCUT2D eigenvalue weighted by Gasteiger charge is 2.25. The number of nitrogens with zero attached hydrogens (tertiary/aromatic N) is 4. The number of ether oxygens (including phenoxy) is 1. The number of piperidine rings is 1. The van der Waals surface area contributed by atoms with Crippen LogP contribution in [0.4, 0.5) is 5.69 Å². The number of carbonyl (C=O) groups is 2. The Morgan fingerprint density at radius 1 is 1.28 bits per heavy atom. The molecule has 0 spiro atoms. The van der Waals surface area contributed by atoms with E-state index in [0.717, 1.165) is 25.0 Å². The highest BCUT2D eigenvalue weighted by Crippen LogP contribution is 2.24. The number of amides is 2. The van der Waals surface area contributed by atoms with Crippen LogP contribution in [0.15, 0.2) is 23.2 Å². The van der Waals surface area contributed by atoms with E-state index in [0.29, 0.717) is 34.5 Å². The number of hydrogen-bond donors (Lipinski definition) is 0. The lowest BCUT2D eigenvalue weighted by Crippen LogP contribution is -2.43. The second kappa shape index (κ2) is 11.1. The molecule has 1 aliphatic rings. The van der Waals surface area contributed by atoms with Gasteiger partial charge in [-0.2, -0.15) is 4.99 Å². The number of thioether (sulfide) groups is 1. The number of carbonyl (C=O) groups excluding carboxylic acids is 2. The standard InChI is InChI=1S/C21H28N4O5S2/c1-14-8-15(2)11-23(10-14)20(27)13-31-12-19(26)22-21-24(6-7-30-3)17-5-4-16(25(28)29)9-18(17)32-21/h4-5,9,14-15H,6-8,10-13H2,1-3H3. The van der Waals surface area contributed by atoms with Gasteiger partial charge in [0, 0.05) is 38.9 Å². The number of thiazole rings is 1. The van der Waals surface area contributed by atoms with Crippen LogP contribution in [0.25, 0.3) is 10.2 Å². The molecule has 174 valence electrons. The largest absolute Gasteiger partial charge is 0.383 e. The Hall–Kier alpha value is -2.24. The second-order valence-corrected chi connectivity index (χ2v) is 10.2. The molecule has 11 heteroatoms. The Balaban J connectivity index is 1.69. The summed E-state index contributed by atoms with van der Waals surface area (Å²) in [5.41, 5.74) is 0.756. The van der Waals surface area contributed by atoms with Crippen LogP contribution in [0, 0.1) is 22.0 Å². The summed E-state index contributed by atoms with van der Waals surface area (Å²) in [5.74, 6) is 1.07. The number of nitro groups is 1. The van der Waals surface area contributed by atoms with Crippen LogP contribution in [0.5, 0.6) is 0 Å². The molecule has 2 amide bonds. The summed E-state index contributed by atoms with van der Waals surface area (Å²) < 4.78 is 7.66.